The molecule has 0 aromatic heterocycles. The summed E-state index contributed by atoms with van der Waals surface area (Å²) in [6.45, 7) is 6.22. The largest absolute Gasteiger partial charge is 0.508 e. The zero-order valence-corrected chi connectivity index (χ0v) is 19.0. The smallest absolute Gasteiger partial charge is 0.153 e. The first kappa shape index (κ1) is 21.7. The molecule has 1 aliphatic heterocycles. The van der Waals surface area contributed by atoms with Gasteiger partial charge in [-0.2, -0.15) is 0 Å². The van der Waals surface area contributed by atoms with Crippen molar-refractivity contribution in [2.24, 2.45) is 0 Å². The van der Waals surface area contributed by atoms with Crippen LogP contribution in [0, 0.1) is 0 Å². The Hall–Kier alpha value is -2.50. The number of sulfone groups is 1. The summed E-state index contributed by atoms with van der Waals surface area (Å²) in [7, 11) is -3.26. The van der Waals surface area contributed by atoms with Crippen molar-refractivity contribution in [3.63, 3.8) is 0 Å². The zero-order chi connectivity index (χ0) is 22.2. The lowest BCUT2D eigenvalue weighted by molar-refractivity contribution is 0.289. The number of hydrogen-bond acceptors (Lipinski definition) is 4. The molecule has 0 radical (unpaired) electrons. The highest BCUT2D eigenvalue weighted by Gasteiger charge is 2.41. The highest BCUT2D eigenvalue weighted by atomic mass is 35.5. The molecule has 2 aliphatic rings. The Morgan fingerprint density at radius 3 is 2.29 bits per heavy atom. The Morgan fingerprint density at radius 1 is 1.10 bits per heavy atom. The van der Waals surface area contributed by atoms with E-state index in [1.165, 1.54) is 0 Å². The Bertz CT molecular complexity index is 1130. The van der Waals surface area contributed by atoms with Gasteiger partial charge in [-0.1, -0.05) is 48.5 Å². The van der Waals surface area contributed by atoms with Gasteiger partial charge in [-0.3, -0.25) is 0 Å². The summed E-state index contributed by atoms with van der Waals surface area (Å²) in [5.74, 6) is -0.147. The summed E-state index contributed by atoms with van der Waals surface area (Å²) < 4.78 is 26.3. The lowest BCUT2D eigenvalue weighted by Gasteiger charge is -2.41. The van der Waals surface area contributed by atoms with E-state index in [1.807, 2.05) is 49.4 Å². The highest BCUT2D eigenvalue weighted by molar-refractivity contribution is 7.92. The number of nitrogens with zero attached hydrogens (tertiary/aromatic N) is 1. The first-order valence-electron chi connectivity index (χ1n) is 10.4. The fourth-order valence-corrected chi connectivity index (χ4v) is 6.34. The van der Waals surface area contributed by atoms with E-state index in [0.717, 1.165) is 35.4 Å². The first-order chi connectivity index (χ1) is 14.8. The number of phenolic OH excluding ortho intramolecular Hbond substituents is 1. The minimum Gasteiger partial charge on any atom is -0.508 e. The number of rotatable bonds is 7. The van der Waals surface area contributed by atoms with Gasteiger partial charge in [0.1, 0.15) is 5.75 Å². The van der Waals surface area contributed by atoms with Crippen molar-refractivity contribution in [2.75, 3.05) is 5.75 Å². The molecule has 0 amide bonds. The molecule has 1 heterocycles. The van der Waals surface area contributed by atoms with E-state index in [4.69, 9.17) is 11.6 Å². The topological polar surface area (TPSA) is 57.6 Å². The molecule has 0 bridgehead atoms. The second-order valence-electron chi connectivity index (χ2n) is 8.25. The van der Waals surface area contributed by atoms with E-state index >= 15 is 0 Å². The minimum absolute atomic E-state index is 0.0333. The molecule has 1 fully saturated rings. The van der Waals surface area contributed by atoms with Gasteiger partial charge in [0.25, 0.3) is 0 Å². The fourth-order valence-electron chi connectivity index (χ4n) is 4.21. The van der Waals surface area contributed by atoms with Crippen LogP contribution in [0.25, 0.3) is 0 Å². The molecule has 0 spiro atoms. The van der Waals surface area contributed by atoms with E-state index in [0.29, 0.717) is 5.02 Å². The van der Waals surface area contributed by atoms with Gasteiger partial charge >= 0.3 is 0 Å². The van der Waals surface area contributed by atoms with Crippen molar-refractivity contribution >= 4 is 21.4 Å². The van der Waals surface area contributed by atoms with Crippen LogP contribution in [0.1, 0.15) is 42.9 Å². The lowest BCUT2D eigenvalue weighted by Crippen LogP contribution is -2.35. The maximum Gasteiger partial charge on any atom is 0.153 e. The Balaban J connectivity index is 1.87. The molecule has 0 unspecified atom stereocenters. The van der Waals surface area contributed by atoms with E-state index in [9.17, 15) is 13.5 Å². The molecule has 31 heavy (non-hydrogen) atoms. The monoisotopic (exact) mass is 455 g/mol. The SMILES string of the molecule is C=C1C=CC=C(C)N1[C@@H](c1ccc(O)cc1)[C@H](CS(=O)(=O)C1CC1)c1ccc(Cl)cc1. The van der Waals surface area contributed by atoms with E-state index in [2.05, 4.69) is 11.5 Å². The molecular weight excluding hydrogens is 430 g/mol. The molecule has 1 saturated carbocycles. The quantitative estimate of drug-likeness (QED) is 0.578. The van der Waals surface area contributed by atoms with Crippen LogP contribution in [0.3, 0.4) is 0 Å². The average Bonchev–Trinajstić information content (AvgIpc) is 3.57. The number of allylic oxidation sites excluding steroid dienone is 4. The van der Waals surface area contributed by atoms with Crippen molar-refractivity contribution < 1.29 is 13.5 Å². The van der Waals surface area contributed by atoms with E-state index in [1.54, 1.807) is 24.3 Å². The Labute approximate surface area is 189 Å². The Morgan fingerprint density at radius 2 is 1.71 bits per heavy atom. The Kier molecular flexibility index (Phi) is 6.00. The molecule has 1 aliphatic carbocycles. The predicted octanol–water partition coefficient (Wildman–Crippen LogP) is 5.74. The summed E-state index contributed by atoms with van der Waals surface area (Å²) in [6.07, 6.45) is 7.33. The number of halogens is 1. The summed E-state index contributed by atoms with van der Waals surface area (Å²) in [6, 6.07) is 14.1. The molecule has 0 saturated heterocycles. The maximum absolute atomic E-state index is 13.1. The number of hydrogen-bond donors (Lipinski definition) is 1. The third-order valence-electron chi connectivity index (χ3n) is 5.95. The van der Waals surface area contributed by atoms with Crippen molar-refractivity contribution in [2.45, 2.75) is 37.0 Å². The fraction of sp³-hybridized carbons (Fsp3) is 0.280. The zero-order valence-electron chi connectivity index (χ0n) is 17.4. The number of benzene rings is 2. The molecular formula is C25H26ClNO3S. The maximum atomic E-state index is 13.1. The molecule has 4 nitrogen and oxygen atoms in total. The summed E-state index contributed by atoms with van der Waals surface area (Å²) in [5, 5.41) is 10.2. The minimum atomic E-state index is -3.26. The molecule has 1 N–H and O–H groups in total. The van der Waals surface area contributed by atoms with Gasteiger partial charge in [0.05, 0.1) is 17.0 Å². The second-order valence-corrected chi connectivity index (χ2v) is 11.0. The van der Waals surface area contributed by atoms with Crippen molar-refractivity contribution in [1.82, 2.24) is 4.90 Å². The predicted molar refractivity (Wildman–Crippen MR) is 126 cm³/mol. The van der Waals surface area contributed by atoms with Crippen LogP contribution in [0.5, 0.6) is 5.75 Å². The van der Waals surface area contributed by atoms with Crippen LogP contribution in [0.2, 0.25) is 5.02 Å². The van der Waals surface area contributed by atoms with Crippen LogP contribution < -0.4 is 0 Å². The molecule has 4 rings (SSSR count). The molecule has 2 aromatic carbocycles. The summed E-state index contributed by atoms with van der Waals surface area (Å²) in [4.78, 5) is 2.09. The van der Waals surface area contributed by atoms with Gasteiger partial charge in [-0.05, 0) is 67.3 Å². The number of aromatic hydroxyl groups is 1. The normalized spacial score (nSPS) is 18.6. The van der Waals surface area contributed by atoms with Crippen molar-refractivity contribution in [3.8, 4) is 5.75 Å². The van der Waals surface area contributed by atoms with Gasteiger partial charge in [0, 0.05) is 22.3 Å². The van der Waals surface area contributed by atoms with Gasteiger partial charge in [-0.15, -0.1) is 0 Å². The average molecular weight is 456 g/mol. The van der Waals surface area contributed by atoms with Crippen molar-refractivity contribution in [1.29, 1.82) is 0 Å². The molecule has 2 atom stereocenters. The lowest BCUT2D eigenvalue weighted by atomic mass is 9.86. The molecule has 162 valence electrons. The second kappa shape index (κ2) is 8.56. The van der Waals surface area contributed by atoms with Gasteiger partial charge in [-0.25, -0.2) is 8.42 Å². The van der Waals surface area contributed by atoms with Crippen LogP contribution in [-0.4, -0.2) is 29.4 Å². The van der Waals surface area contributed by atoms with Gasteiger partial charge < -0.3 is 10.0 Å². The van der Waals surface area contributed by atoms with E-state index in [-0.39, 0.29) is 28.7 Å². The van der Waals surface area contributed by atoms with Crippen LogP contribution >= 0.6 is 11.6 Å². The number of phenols is 1. The molecule has 6 heteroatoms. The summed E-state index contributed by atoms with van der Waals surface area (Å²) in [5.41, 5.74) is 3.59. The van der Waals surface area contributed by atoms with Crippen LogP contribution in [0.4, 0.5) is 0 Å². The summed E-state index contributed by atoms with van der Waals surface area (Å²) >= 11 is 6.13. The van der Waals surface area contributed by atoms with Gasteiger partial charge in [0.2, 0.25) is 0 Å². The van der Waals surface area contributed by atoms with Gasteiger partial charge in [0.15, 0.2) is 9.84 Å². The third kappa shape index (κ3) is 4.73. The van der Waals surface area contributed by atoms with Crippen LogP contribution in [-0.2, 0) is 9.84 Å². The van der Waals surface area contributed by atoms with Crippen LogP contribution in [0.15, 0.2) is 84.7 Å². The standard InChI is InChI=1S/C25H26ClNO3S/c1-17-4-3-5-18(2)27(17)25(20-8-12-22(28)13-9-20)24(16-31(29,30)23-14-15-23)19-6-10-21(26)11-7-19/h3-13,23-25,28H,1,14-16H2,2H3/t24-,25+/m1/s1. The van der Waals surface area contributed by atoms with Crippen molar-refractivity contribution in [3.05, 3.63) is 101 Å². The highest BCUT2D eigenvalue weighted by Crippen LogP contribution is 2.44. The van der Waals surface area contributed by atoms with E-state index < -0.39 is 9.84 Å². The third-order valence-corrected chi connectivity index (χ3v) is 8.51. The molecule has 2 aromatic rings. The first-order valence-corrected chi connectivity index (χ1v) is 12.4.